The van der Waals surface area contributed by atoms with Crippen molar-refractivity contribution in [3.8, 4) is 0 Å². The summed E-state index contributed by atoms with van der Waals surface area (Å²) in [7, 11) is 4.00. The molecular formula is C18H24N4O. The van der Waals surface area contributed by atoms with E-state index in [2.05, 4.69) is 21.7 Å². The number of benzene rings is 1. The first-order valence-electron chi connectivity index (χ1n) is 7.80. The Labute approximate surface area is 137 Å². The number of hydrogen-bond donors (Lipinski definition) is 2. The third-order valence-corrected chi connectivity index (χ3v) is 3.70. The molecule has 2 N–H and O–H groups in total. The van der Waals surface area contributed by atoms with Gasteiger partial charge < -0.3 is 15.5 Å². The van der Waals surface area contributed by atoms with Crippen LogP contribution < -0.4 is 15.5 Å². The summed E-state index contributed by atoms with van der Waals surface area (Å²) >= 11 is 0. The molecule has 2 aromatic rings. The Kier molecular flexibility index (Phi) is 5.97. The summed E-state index contributed by atoms with van der Waals surface area (Å²) < 4.78 is 0. The number of urea groups is 1. The molecule has 0 fully saturated rings. The molecule has 122 valence electrons. The van der Waals surface area contributed by atoms with Crippen molar-refractivity contribution >= 4 is 11.7 Å². The molecule has 1 atom stereocenters. The van der Waals surface area contributed by atoms with E-state index < -0.39 is 0 Å². The minimum Gasteiger partial charge on any atom is -0.378 e. The van der Waals surface area contributed by atoms with Crippen LogP contribution in [0.3, 0.4) is 0 Å². The van der Waals surface area contributed by atoms with Crippen LogP contribution in [-0.2, 0) is 6.54 Å². The molecule has 0 aliphatic heterocycles. The fourth-order valence-corrected chi connectivity index (χ4v) is 2.35. The zero-order chi connectivity index (χ0) is 16.7. The van der Waals surface area contributed by atoms with Gasteiger partial charge in [-0.25, -0.2) is 4.79 Å². The quantitative estimate of drug-likeness (QED) is 0.862. The predicted molar refractivity (Wildman–Crippen MR) is 93.4 cm³/mol. The van der Waals surface area contributed by atoms with E-state index in [1.54, 1.807) is 12.4 Å². The van der Waals surface area contributed by atoms with Gasteiger partial charge in [-0.1, -0.05) is 19.1 Å². The maximum absolute atomic E-state index is 12.1. The van der Waals surface area contributed by atoms with E-state index in [0.717, 1.165) is 23.2 Å². The van der Waals surface area contributed by atoms with E-state index >= 15 is 0 Å². The molecule has 5 heteroatoms. The summed E-state index contributed by atoms with van der Waals surface area (Å²) in [5.41, 5.74) is 3.25. The number of anilines is 1. The summed E-state index contributed by atoms with van der Waals surface area (Å²) in [6.07, 6.45) is 4.31. The second kappa shape index (κ2) is 8.17. The Morgan fingerprint density at radius 2 is 1.96 bits per heavy atom. The molecule has 1 heterocycles. The van der Waals surface area contributed by atoms with Crippen molar-refractivity contribution in [3.05, 3.63) is 59.9 Å². The monoisotopic (exact) mass is 312 g/mol. The standard InChI is InChI=1S/C18H24N4O/c1-4-17(15-8-10-19-11-9-15)21-18(23)20-13-14-6-5-7-16(12-14)22(2)3/h5-12,17H,4,13H2,1-3H3,(H2,20,21,23)/t17-/m0/s1. The number of hydrogen-bond acceptors (Lipinski definition) is 3. The summed E-state index contributed by atoms with van der Waals surface area (Å²) in [4.78, 5) is 18.2. The molecule has 2 amide bonds. The van der Waals surface area contributed by atoms with Gasteiger partial charge in [0.1, 0.15) is 0 Å². The molecule has 23 heavy (non-hydrogen) atoms. The lowest BCUT2D eigenvalue weighted by Crippen LogP contribution is -2.37. The number of rotatable bonds is 6. The second-order valence-electron chi connectivity index (χ2n) is 5.63. The molecule has 0 aliphatic rings. The van der Waals surface area contributed by atoms with Crippen molar-refractivity contribution in [2.24, 2.45) is 0 Å². The maximum Gasteiger partial charge on any atom is 0.315 e. The van der Waals surface area contributed by atoms with Gasteiger partial charge in [-0.2, -0.15) is 0 Å². The number of carbonyl (C=O) groups is 1. The van der Waals surface area contributed by atoms with Crippen LogP contribution in [0.15, 0.2) is 48.8 Å². The molecule has 1 aromatic heterocycles. The number of carbonyl (C=O) groups excluding carboxylic acids is 1. The molecule has 5 nitrogen and oxygen atoms in total. The zero-order valence-corrected chi connectivity index (χ0v) is 13.9. The Balaban J connectivity index is 1.90. The van der Waals surface area contributed by atoms with Gasteiger partial charge >= 0.3 is 6.03 Å². The van der Waals surface area contributed by atoms with Crippen LogP contribution in [0.1, 0.15) is 30.5 Å². The minimum atomic E-state index is -0.163. The smallest absolute Gasteiger partial charge is 0.315 e. The molecular weight excluding hydrogens is 288 g/mol. The lowest BCUT2D eigenvalue weighted by molar-refractivity contribution is 0.236. The Hall–Kier alpha value is -2.56. The third kappa shape index (κ3) is 4.98. The molecule has 2 rings (SSSR count). The topological polar surface area (TPSA) is 57.3 Å². The van der Waals surface area contributed by atoms with E-state index in [1.807, 2.05) is 56.3 Å². The normalized spacial score (nSPS) is 11.6. The first kappa shape index (κ1) is 16.8. The van der Waals surface area contributed by atoms with E-state index in [0.29, 0.717) is 6.54 Å². The van der Waals surface area contributed by atoms with Crippen molar-refractivity contribution in [2.45, 2.75) is 25.9 Å². The largest absolute Gasteiger partial charge is 0.378 e. The van der Waals surface area contributed by atoms with E-state index in [9.17, 15) is 4.79 Å². The highest BCUT2D eigenvalue weighted by atomic mass is 16.2. The van der Waals surface area contributed by atoms with Crippen LogP contribution in [0.4, 0.5) is 10.5 Å². The number of nitrogens with zero attached hydrogens (tertiary/aromatic N) is 2. The van der Waals surface area contributed by atoms with Gasteiger partial charge in [-0.05, 0) is 41.8 Å². The third-order valence-electron chi connectivity index (χ3n) is 3.70. The molecule has 0 aliphatic carbocycles. The van der Waals surface area contributed by atoms with Gasteiger partial charge in [0.25, 0.3) is 0 Å². The molecule has 0 radical (unpaired) electrons. The SMILES string of the molecule is CC[C@H](NC(=O)NCc1cccc(N(C)C)c1)c1ccncc1. The summed E-state index contributed by atoms with van der Waals surface area (Å²) in [5, 5.41) is 5.92. The van der Waals surface area contributed by atoms with Crippen molar-refractivity contribution < 1.29 is 4.79 Å². The minimum absolute atomic E-state index is 0.00823. The fraction of sp³-hybridized carbons (Fsp3) is 0.333. The van der Waals surface area contributed by atoms with Crippen molar-refractivity contribution in [1.82, 2.24) is 15.6 Å². The van der Waals surface area contributed by atoms with Gasteiger partial charge in [0, 0.05) is 38.7 Å². The van der Waals surface area contributed by atoms with E-state index in [1.165, 1.54) is 0 Å². The fourth-order valence-electron chi connectivity index (χ4n) is 2.35. The molecule has 0 spiro atoms. The van der Waals surface area contributed by atoms with Gasteiger partial charge in [-0.3, -0.25) is 4.98 Å². The lowest BCUT2D eigenvalue weighted by Gasteiger charge is -2.18. The van der Waals surface area contributed by atoms with Gasteiger partial charge in [0.05, 0.1) is 6.04 Å². The molecule has 0 unspecified atom stereocenters. The van der Waals surface area contributed by atoms with Crippen LogP contribution in [0.5, 0.6) is 0 Å². The summed E-state index contributed by atoms with van der Waals surface area (Å²) in [6, 6.07) is 11.8. The number of pyridine rings is 1. The number of amides is 2. The van der Waals surface area contributed by atoms with Crippen molar-refractivity contribution in [1.29, 1.82) is 0 Å². The maximum atomic E-state index is 12.1. The Bertz CT molecular complexity index is 628. The average molecular weight is 312 g/mol. The van der Waals surface area contributed by atoms with Crippen LogP contribution in [0.25, 0.3) is 0 Å². The Morgan fingerprint density at radius 1 is 1.22 bits per heavy atom. The summed E-state index contributed by atoms with van der Waals surface area (Å²) in [6.45, 7) is 2.55. The highest BCUT2D eigenvalue weighted by Crippen LogP contribution is 2.15. The van der Waals surface area contributed by atoms with Gasteiger partial charge in [-0.15, -0.1) is 0 Å². The first-order valence-corrected chi connectivity index (χ1v) is 7.80. The van der Waals surface area contributed by atoms with Crippen LogP contribution in [0.2, 0.25) is 0 Å². The van der Waals surface area contributed by atoms with Crippen LogP contribution in [0, 0.1) is 0 Å². The highest BCUT2D eigenvalue weighted by molar-refractivity contribution is 5.74. The number of nitrogens with one attached hydrogen (secondary N) is 2. The lowest BCUT2D eigenvalue weighted by atomic mass is 10.1. The van der Waals surface area contributed by atoms with E-state index in [4.69, 9.17) is 0 Å². The molecule has 0 bridgehead atoms. The molecule has 0 saturated heterocycles. The molecule has 0 saturated carbocycles. The van der Waals surface area contributed by atoms with Crippen molar-refractivity contribution in [2.75, 3.05) is 19.0 Å². The van der Waals surface area contributed by atoms with Crippen LogP contribution >= 0.6 is 0 Å². The van der Waals surface area contributed by atoms with E-state index in [-0.39, 0.29) is 12.1 Å². The van der Waals surface area contributed by atoms with Gasteiger partial charge in [0.15, 0.2) is 0 Å². The van der Waals surface area contributed by atoms with Crippen molar-refractivity contribution in [3.63, 3.8) is 0 Å². The highest BCUT2D eigenvalue weighted by Gasteiger charge is 2.12. The summed E-state index contributed by atoms with van der Waals surface area (Å²) in [5.74, 6) is 0. The average Bonchev–Trinajstić information content (AvgIpc) is 2.59. The van der Waals surface area contributed by atoms with Gasteiger partial charge in [0.2, 0.25) is 0 Å². The predicted octanol–water partition coefficient (Wildman–Crippen LogP) is 3.10. The first-order chi connectivity index (χ1) is 11.1. The Morgan fingerprint density at radius 3 is 2.61 bits per heavy atom. The second-order valence-corrected chi connectivity index (χ2v) is 5.63. The molecule has 1 aromatic carbocycles. The zero-order valence-electron chi connectivity index (χ0n) is 13.9. The van der Waals surface area contributed by atoms with Crippen LogP contribution in [-0.4, -0.2) is 25.1 Å². The number of aromatic nitrogens is 1.